The van der Waals surface area contributed by atoms with Crippen LogP contribution in [0.1, 0.15) is 50.9 Å². The molecule has 0 radical (unpaired) electrons. The van der Waals surface area contributed by atoms with Gasteiger partial charge in [0.2, 0.25) is 10.0 Å². The molecule has 35 heavy (non-hydrogen) atoms. The van der Waals surface area contributed by atoms with E-state index in [0.717, 1.165) is 24.2 Å². The van der Waals surface area contributed by atoms with E-state index >= 15 is 0 Å². The Morgan fingerprint density at radius 2 is 1.91 bits per heavy atom. The molecule has 1 aliphatic carbocycles. The van der Waals surface area contributed by atoms with Gasteiger partial charge in [0.15, 0.2) is 10.0 Å². The van der Waals surface area contributed by atoms with E-state index in [2.05, 4.69) is 49.0 Å². The summed E-state index contributed by atoms with van der Waals surface area (Å²) in [6.07, 6.45) is -1.21. The van der Waals surface area contributed by atoms with Crippen LogP contribution in [0.15, 0.2) is 17.0 Å². The van der Waals surface area contributed by atoms with Gasteiger partial charge in [0.25, 0.3) is 6.43 Å². The number of aryl methyl sites for hydroxylation is 1. The van der Waals surface area contributed by atoms with Crippen molar-refractivity contribution in [3.63, 3.8) is 0 Å². The number of halogens is 2. The molecule has 188 valence electrons. The fourth-order valence-corrected chi connectivity index (χ4v) is 6.51. The lowest BCUT2D eigenvalue weighted by atomic mass is 10.0. The van der Waals surface area contributed by atoms with E-state index in [-0.39, 0.29) is 15.4 Å². The van der Waals surface area contributed by atoms with E-state index in [1.165, 1.54) is 6.07 Å². The number of anilines is 1. The molecule has 13 heteroatoms. The first-order chi connectivity index (χ1) is 16.4. The molecule has 0 bridgehead atoms. The second-order valence-corrected chi connectivity index (χ2v) is 12.8. The Labute approximate surface area is 206 Å². The van der Waals surface area contributed by atoms with Gasteiger partial charge >= 0.3 is 0 Å². The van der Waals surface area contributed by atoms with Gasteiger partial charge in [0.1, 0.15) is 11.5 Å². The summed E-state index contributed by atoms with van der Waals surface area (Å²) < 4.78 is 56.0. The minimum atomic E-state index is -3.85. The predicted molar refractivity (Wildman–Crippen MR) is 130 cm³/mol. The number of piperazine rings is 1. The number of hydrogen-bond donors (Lipinski definition) is 2. The smallest absolute Gasteiger partial charge is 0.291 e. The fraction of sp³-hybridized carbons (Fsp3) is 0.545. The van der Waals surface area contributed by atoms with E-state index in [0.29, 0.717) is 47.7 Å². The Hall–Kier alpha value is -2.35. The maximum absolute atomic E-state index is 13.4. The van der Waals surface area contributed by atoms with E-state index in [4.69, 9.17) is 0 Å². The second-order valence-electron chi connectivity index (χ2n) is 10.1. The SMILES string of the molecule is Cc1nc(-c2nnc(C(F)F)s2)c2cc(S(=O)(=O)NC3(C)CC3)cc(N3CCNC(C)(C)C3)c2n1. The highest BCUT2D eigenvalue weighted by atomic mass is 32.2. The van der Waals surface area contributed by atoms with Crippen LogP contribution < -0.4 is 14.9 Å². The van der Waals surface area contributed by atoms with E-state index in [1.54, 1.807) is 13.0 Å². The first-order valence-corrected chi connectivity index (χ1v) is 13.6. The highest BCUT2D eigenvalue weighted by Crippen LogP contribution is 2.40. The van der Waals surface area contributed by atoms with Crippen molar-refractivity contribution in [3.8, 4) is 10.7 Å². The van der Waals surface area contributed by atoms with Gasteiger partial charge in [-0.1, -0.05) is 11.3 Å². The molecule has 1 aliphatic heterocycles. The van der Waals surface area contributed by atoms with Crippen LogP contribution in [-0.4, -0.2) is 59.3 Å². The average Bonchev–Trinajstić information content (AvgIpc) is 3.27. The molecular formula is C22H27F2N7O2S2. The molecule has 3 heterocycles. The molecule has 2 aromatic heterocycles. The summed E-state index contributed by atoms with van der Waals surface area (Å²) in [5, 5.41) is 11.2. The average molecular weight is 524 g/mol. The molecule has 0 spiro atoms. The molecule has 2 aliphatic rings. The van der Waals surface area contributed by atoms with Crippen LogP contribution in [0, 0.1) is 6.92 Å². The van der Waals surface area contributed by atoms with Gasteiger partial charge in [-0.25, -0.2) is 31.9 Å². The van der Waals surface area contributed by atoms with E-state index in [1.807, 2.05) is 6.92 Å². The molecule has 0 atom stereocenters. The Balaban J connectivity index is 1.74. The van der Waals surface area contributed by atoms with E-state index in [9.17, 15) is 17.2 Å². The van der Waals surface area contributed by atoms with Gasteiger partial charge in [-0.3, -0.25) is 0 Å². The molecule has 9 nitrogen and oxygen atoms in total. The van der Waals surface area contributed by atoms with Gasteiger partial charge in [-0.15, -0.1) is 10.2 Å². The number of fused-ring (bicyclic) bond motifs is 1. The first-order valence-electron chi connectivity index (χ1n) is 11.3. The zero-order valence-corrected chi connectivity index (χ0v) is 21.5. The first kappa shape index (κ1) is 24.3. The number of nitrogens with zero attached hydrogens (tertiary/aromatic N) is 5. The number of aromatic nitrogens is 4. The molecular weight excluding hydrogens is 496 g/mol. The van der Waals surface area contributed by atoms with Crippen molar-refractivity contribution < 1.29 is 17.2 Å². The molecule has 5 rings (SSSR count). The lowest BCUT2D eigenvalue weighted by Crippen LogP contribution is -2.57. The normalized spacial score (nSPS) is 19.5. The third-order valence-electron chi connectivity index (χ3n) is 6.30. The molecule has 0 amide bonds. The fourth-order valence-electron chi connectivity index (χ4n) is 4.30. The lowest BCUT2D eigenvalue weighted by Gasteiger charge is -2.40. The number of benzene rings is 1. The number of hydrogen-bond acceptors (Lipinski definition) is 9. The maximum atomic E-state index is 13.4. The Kier molecular flexibility index (Phi) is 5.81. The molecule has 2 N–H and O–H groups in total. The molecule has 3 aromatic rings. The van der Waals surface area contributed by atoms with Gasteiger partial charge in [-0.05, 0) is 52.7 Å². The van der Waals surface area contributed by atoms with Crippen LogP contribution in [0.2, 0.25) is 0 Å². The monoisotopic (exact) mass is 523 g/mol. The Morgan fingerprint density at radius 3 is 2.54 bits per heavy atom. The van der Waals surface area contributed by atoms with Crippen LogP contribution in [0.5, 0.6) is 0 Å². The zero-order valence-electron chi connectivity index (χ0n) is 19.9. The summed E-state index contributed by atoms with van der Waals surface area (Å²) in [6.45, 7) is 9.74. The third kappa shape index (κ3) is 4.86. The minimum Gasteiger partial charge on any atom is -0.367 e. The van der Waals surface area contributed by atoms with Gasteiger partial charge < -0.3 is 10.2 Å². The third-order valence-corrected chi connectivity index (χ3v) is 8.85. The van der Waals surface area contributed by atoms with Crippen LogP contribution in [0.3, 0.4) is 0 Å². The summed E-state index contributed by atoms with van der Waals surface area (Å²) in [6, 6.07) is 3.16. The Morgan fingerprint density at radius 1 is 1.17 bits per heavy atom. The van der Waals surface area contributed by atoms with Gasteiger partial charge in [0, 0.05) is 36.1 Å². The standard InChI is InChI=1S/C22H27F2N7O2S2/c1-12-26-16-14(17(27-12)19-28-29-20(34-19)18(23)24)9-13(35(32,33)30-22(4)5-6-22)10-15(16)31-8-7-25-21(2,3)11-31/h9-10,18,25,30H,5-8,11H2,1-4H3. The van der Waals surface area contributed by atoms with Crippen molar-refractivity contribution in [2.75, 3.05) is 24.5 Å². The number of alkyl halides is 2. The molecule has 1 saturated heterocycles. The Bertz CT molecular complexity index is 1400. The topological polar surface area (TPSA) is 113 Å². The van der Waals surface area contributed by atoms with Crippen molar-refractivity contribution in [2.45, 2.75) is 62.9 Å². The van der Waals surface area contributed by atoms with Gasteiger partial charge in [-0.2, -0.15) is 0 Å². The van der Waals surface area contributed by atoms with Crippen LogP contribution in [0.25, 0.3) is 21.6 Å². The summed E-state index contributed by atoms with van der Waals surface area (Å²) >= 11 is 0.741. The molecule has 1 saturated carbocycles. The van der Waals surface area contributed by atoms with Crippen LogP contribution >= 0.6 is 11.3 Å². The highest BCUT2D eigenvalue weighted by Gasteiger charge is 2.41. The van der Waals surface area contributed by atoms with Gasteiger partial charge in [0.05, 0.1) is 16.1 Å². The van der Waals surface area contributed by atoms with Crippen molar-refractivity contribution in [2.24, 2.45) is 0 Å². The molecule has 2 fully saturated rings. The lowest BCUT2D eigenvalue weighted by molar-refractivity contribution is 0.150. The van der Waals surface area contributed by atoms with E-state index < -0.39 is 27.0 Å². The summed E-state index contributed by atoms with van der Waals surface area (Å²) in [5.74, 6) is 0.427. The largest absolute Gasteiger partial charge is 0.367 e. The number of nitrogens with one attached hydrogen (secondary N) is 2. The van der Waals surface area contributed by atoms with Crippen molar-refractivity contribution in [1.82, 2.24) is 30.2 Å². The predicted octanol–water partition coefficient (Wildman–Crippen LogP) is 3.41. The summed E-state index contributed by atoms with van der Waals surface area (Å²) in [5.41, 5.74) is 0.847. The quantitative estimate of drug-likeness (QED) is 0.506. The second kappa shape index (κ2) is 8.36. The van der Waals surface area contributed by atoms with Crippen molar-refractivity contribution >= 4 is 38.0 Å². The maximum Gasteiger partial charge on any atom is 0.291 e. The molecule has 1 aromatic carbocycles. The number of rotatable bonds is 6. The van der Waals surface area contributed by atoms with Crippen LogP contribution in [-0.2, 0) is 10.0 Å². The minimum absolute atomic E-state index is 0.0803. The summed E-state index contributed by atoms with van der Waals surface area (Å²) in [7, 11) is -3.85. The van der Waals surface area contributed by atoms with Crippen LogP contribution in [0.4, 0.5) is 14.5 Å². The van der Waals surface area contributed by atoms with Crippen molar-refractivity contribution in [1.29, 1.82) is 0 Å². The number of sulfonamides is 1. The highest BCUT2D eigenvalue weighted by molar-refractivity contribution is 7.89. The van der Waals surface area contributed by atoms with Crippen molar-refractivity contribution in [3.05, 3.63) is 23.0 Å². The zero-order chi connectivity index (χ0) is 25.2. The summed E-state index contributed by atoms with van der Waals surface area (Å²) in [4.78, 5) is 11.3. The molecule has 0 unspecified atom stereocenters.